The highest BCUT2D eigenvalue weighted by Crippen LogP contribution is 2.33. The van der Waals surface area contributed by atoms with Crippen LogP contribution in [-0.2, 0) is 14.3 Å². The number of hydrogen-bond acceptors (Lipinski definition) is 6. The highest BCUT2D eigenvalue weighted by molar-refractivity contribution is 7.18. The molecule has 1 aromatic heterocycles. The molecule has 0 aliphatic carbocycles. The van der Waals surface area contributed by atoms with Gasteiger partial charge in [-0.2, -0.15) is 0 Å². The van der Waals surface area contributed by atoms with Gasteiger partial charge in [0.25, 0.3) is 18.2 Å². The number of anilines is 2. The quantitative estimate of drug-likeness (QED) is 0.428. The summed E-state index contributed by atoms with van der Waals surface area (Å²) in [6, 6.07) is 6.54. The van der Waals surface area contributed by atoms with Gasteiger partial charge in [-0.15, -0.1) is 11.3 Å². The molecule has 0 saturated carbocycles. The van der Waals surface area contributed by atoms with E-state index >= 15 is 0 Å². The van der Waals surface area contributed by atoms with E-state index in [0.717, 1.165) is 11.3 Å². The maximum absolute atomic E-state index is 14.0. The molecule has 1 aliphatic heterocycles. The first kappa shape index (κ1) is 29.9. The molecule has 2 N–H and O–H groups in total. The summed E-state index contributed by atoms with van der Waals surface area (Å²) in [5.74, 6) is -1.21. The van der Waals surface area contributed by atoms with Crippen molar-refractivity contribution in [2.24, 2.45) is 5.41 Å². The van der Waals surface area contributed by atoms with Crippen LogP contribution in [0.5, 0.6) is 0 Å². The van der Waals surface area contributed by atoms with E-state index in [2.05, 4.69) is 10.6 Å². The van der Waals surface area contributed by atoms with E-state index in [1.165, 1.54) is 23.1 Å². The van der Waals surface area contributed by atoms with Crippen molar-refractivity contribution in [3.05, 3.63) is 45.1 Å². The molecule has 1 saturated heterocycles. The Hall–Kier alpha value is -2.60. The van der Waals surface area contributed by atoms with Crippen LogP contribution in [0.1, 0.15) is 49.4 Å². The number of nitrogens with one attached hydrogen (secondary N) is 2. The summed E-state index contributed by atoms with van der Waals surface area (Å²) in [6.45, 7) is 9.36. The Morgan fingerprint density at radius 2 is 1.97 bits per heavy atom. The van der Waals surface area contributed by atoms with E-state index in [4.69, 9.17) is 16.3 Å². The van der Waals surface area contributed by atoms with E-state index in [1.54, 1.807) is 12.1 Å². The fourth-order valence-corrected chi connectivity index (χ4v) is 5.16. The van der Waals surface area contributed by atoms with E-state index in [1.807, 2.05) is 32.6 Å². The molecule has 1 aliphatic rings. The highest BCUT2D eigenvalue weighted by atomic mass is 35.5. The summed E-state index contributed by atoms with van der Waals surface area (Å²) >= 11 is 7.07. The number of alkyl halides is 2. The largest absolute Gasteiger partial charge is 0.370 e. The molecule has 12 heteroatoms. The molecule has 38 heavy (non-hydrogen) atoms. The number of morpholine rings is 1. The van der Waals surface area contributed by atoms with Crippen molar-refractivity contribution < 1.29 is 27.9 Å². The minimum absolute atomic E-state index is 0.00612. The minimum Gasteiger partial charge on any atom is -0.370 e. The molecule has 8 nitrogen and oxygen atoms in total. The number of carbonyl (C=O) groups excluding carboxylic acids is 3. The predicted octanol–water partition coefficient (Wildman–Crippen LogP) is 4.81. The monoisotopic (exact) mass is 570 g/mol. The number of benzene rings is 1. The van der Waals surface area contributed by atoms with Crippen molar-refractivity contribution in [2.45, 2.75) is 40.2 Å². The second-order valence-corrected chi connectivity index (χ2v) is 11.8. The third-order valence-corrected chi connectivity index (χ3v) is 7.12. The lowest BCUT2D eigenvalue weighted by Crippen LogP contribution is -2.52. The van der Waals surface area contributed by atoms with Crippen LogP contribution in [0.25, 0.3) is 0 Å². The summed E-state index contributed by atoms with van der Waals surface area (Å²) in [4.78, 5) is 42.0. The molecule has 1 fully saturated rings. The molecule has 3 rings (SSSR count). The maximum atomic E-state index is 14.0. The van der Waals surface area contributed by atoms with Gasteiger partial charge in [-0.1, -0.05) is 39.3 Å². The van der Waals surface area contributed by atoms with Crippen LogP contribution in [-0.4, -0.2) is 68.1 Å². The van der Waals surface area contributed by atoms with Gasteiger partial charge in [0.05, 0.1) is 21.5 Å². The lowest BCUT2D eigenvalue weighted by molar-refractivity contribution is -0.125. The molecule has 1 aromatic carbocycles. The summed E-state index contributed by atoms with van der Waals surface area (Å²) in [5.41, 5.74) is -0.246. The highest BCUT2D eigenvalue weighted by Gasteiger charge is 2.30. The van der Waals surface area contributed by atoms with Crippen LogP contribution in [0.3, 0.4) is 0 Å². The van der Waals surface area contributed by atoms with E-state index in [9.17, 15) is 23.2 Å². The molecule has 3 amide bonds. The Bertz CT molecular complexity index is 1150. The van der Waals surface area contributed by atoms with Gasteiger partial charge in [-0.3, -0.25) is 19.3 Å². The zero-order valence-electron chi connectivity index (χ0n) is 21.9. The van der Waals surface area contributed by atoms with Gasteiger partial charge in [0.2, 0.25) is 5.91 Å². The van der Waals surface area contributed by atoms with Crippen LogP contribution >= 0.6 is 22.9 Å². The van der Waals surface area contributed by atoms with Crippen molar-refractivity contribution in [1.82, 2.24) is 10.2 Å². The molecule has 0 spiro atoms. The van der Waals surface area contributed by atoms with Gasteiger partial charge >= 0.3 is 0 Å². The molecule has 1 atom stereocenters. The Morgan fingerprint density at radius 3 is 2.55 bits per heavy atom. The third kappa shape index (κ3) is 7.95. The number of thiophene rings is 1. The van der Waals surface area contributed by atoms with E-state index in [0.29, 0.717) is 22.3 Å². The Morgan fingerprint density at radius 1 is 1.24 bits per heavy atom. The topological polar surface area (TPSA) is 91.0 Å². The average molecular weight is 571 g/mol. The van der Waals surface area contributed by atoms with Crippen molar-refractivity contribution >= 4 is 52.0 Å². The Labute approximate surface area is 230 Å². The zero-order valence-corrected chi connectivity index (χ0v) is 23.4. The van der Waals surface area contributed by atoms with Crippen molar-refractivity contribution in [3.63, 3.8) is 0 Å². The van der Waals surface area contributed by atoms with Crippen LogP contribution in [0, 0.1) is 5.41 Å². The molecule has 0 radical (unpaired) electrons. The number of ether oxygens (including phenoxy) is 1. The second-order valence-electron chi connectivity index (χ2n) is 10.1. The fraction of sp³-hybridized carbons (Fsp3) is 0.500. The lowest BCUT2D eigenvalue weighted by Gasteiger charge is -2.35. The molecular formula is C26H33ClF2N4O4S. The van der Waals surface area contributed by atoms with Crippen molar-refractivity contribution in [2.75, 3.05) is 49.6 Å². The second kappa shape index (κ2) is 13.0. The number of rotatable bonds is 10. The predicted molar refractivity (Wildman–Crippen MR) is 145 cm³/mol. The van der Waals surface area contributed by atoms with Crippen molar-refractivity contribution in [3.8, 4) is 0 Å². The molecule has 2 aromatic rings. The first-order valence-electron chi connectivity index (χ1n) is 12.3. The number of likely N-dealkylation sites (N-methyl/N-ethyl adjacent to an activating group) is 1. The molecular weight excluding hydrogens is 538 g/mol. The van der Waals surface area contributed by atoms with Gasteiger partial charge in [0.15, 0.2) is 0 Å². The molecule has 0 unspecified atom stereocenters. The smallest absolute Gasteiger partial charge is 0.265 e. The number of carbonyl (C=O) groups is 3. The van der Waals surface area contributed by atoms with Crippen molar-refractivity contribution in [1.29, 1.82) is 0 Å². The number of halogens is 3. The normalized spacial score (nSPS) is 15.2. The average Bonchev–Trinajstić information content (AvgIpc) is 3.29. The van der Waals surface area contributed by atoms with Gasteiger partial charge in [0.1, 0.15) is 12.6 Å². The summed E-state index contributed by atoms with van der Waals surface area (Å²) in [5, 5.41) is 5.54. The minimum atomic E-state index is -2.86. The van der Waals surface area contributed by atoms with Crippen LogP contribution < -0.4 is 15.5 Å². The first-order valence-corrected chi connectivity index (χ1v) is 13.5. The third-order valence-electron chi connectivity index (χ3n) is 5.89. The van der Waals surface area contributed by atoms with E-state index < -0.39 is 24.3 Å². The standard InChI is InChI=1S/C26H33ClF2N4O4S/c1-5-32(15-26(2,3)4)19(13-30-25(36)20-8-9-21(27)38-20)24(35)31-16-6-7-18(17(12-16)23(28)29)33-10-11-37-14-22(33)34/h6-9,12,19,23H,5,10-11,13-15H2,1-4H3,(H,30,36)(H,31,35)/t19-/m1/s1. The van der Waals surface area contributed by atoms with Gasteiger partial charge < -0.3 is 20.3 Å². The molecule has 2 heterocycles. The van der Waals surface area contributed by atoms with Gasteiger partial charge in [-0.05, 0) is 42.3 Å². The first-order chi connectivity index (χ1) is 17.9. The van der Waals surface area contributed by atoms with Gasteiger partial charge in [0, 0.05) is 30.9 Å². The molecule has 0 bridgehead atoms. The van der Waals surface area contributed by atoms with Crippen LogP contribution in [0.2, 0.25) is 4.34 Å². The molecule has 208 valence electrons. The lowest BCUT2D eigenvalue weighted by atomic mass is 9.95. The fourth-order valence-electron chi connectivity index (χ4n) is 4.20. The maximum Gasteiger partial charge on any atom is 0.265 e. The van der Waals surface area contributed by atoms with Gasteiger partial charge in [-0.25, -0.2) is 8.78 Å². The van der Waals surface area contributed by atoms with Crippen LogP contribution in [0.15, 0.2) is 30.3 Å². The summed E-state index contributed by atoms with van der Waals surface area (Å²) < 4.78 is 33.5. The SMILES string of the molecule is CCN(CC(C)(C)C)[C@H](CNC(=O)c1ccc(Cl)s1)C(=O)Nc1ccc(N2CCOCC2=O)c(C(F)F)c1. The summed E-state index contributed by atoms with van der Waals surface area (Å²) in [6.07, 6.45) is -2.86. The summed E-state index contributed by atoms with van der Waals surface area (Å²) in [7, 11) is 0. The number of amides is 3. The van der Waals surface area contributed by atoms with Crippen LogP contribution in [0.4, 0.5) is 20.2 Å². The van der Waals surface area contributed by atoms with E-state index in [-0.39, 0.29) is 54.6 Å². The Kier molecular flexibility index (Phi) is 10.2. The zero-order chi connectivity index (χ0) is 28.0. The Balaban J connectivity index is 1.83. The number of nitrogens with zero attached hydrogens (tertiary/aromatic N) is 2. The number of hydrogen-bond donors (Lipinski definition) is 2.